The molecule has 0 heterocycles. The van der Waals surface area contributed by atoms with Crippen LogP contribution in [0.15, 0.2) is 24.3 Å². The summed E-state index contributed by atoms with van der Waals surface area (Å²) in [5, 5.41) is 23.8. The van der Waals surface area contributed by atoms with Crippen LogP contribution in [0, 0.1) is 0 Å². The molecule has 6 heteroatoms. The number of esters is 1. The lowest BCUT2D eigenvalue weighted by Crippen LogP contribution is -2.46. The SMILES string of the molecule is CCCCCCCCC/C=C/C=C/CCCCCC(CC(=O)NC(CO)C(O)CCCCCCCCCCCCCCCCCCC)OC(=O)CCCCCCCCCCC. The summed E-state index contributed by atoms with van der Waals surface area (Å²) in [7, 11) is 0. The monoisotopic (exact) mass is 860 g/mol. The molecule has 61 heavy (non-hydrogen) atoms. The highest BCUT2D eigenvalue weighted by Gasteiger charge is 2.24. The number of aliphatic hydroxyl groups excluding tert-OH is 2. The number of carbonyl (C=O) groups is 2. The first kappa shape index (κ1) is 59.3. The van der Waals surface area contributed by atoms with Gasteiger partial charge in [0.2, 0.25) is 5.91 Å². The molecule has 0 saturated heterocycles. The Bertz CT molecular complexity index is 966. The Balaban J connectivity index is 4.49. The minimum Gasteiger partial charge on any atom is -0.462 e. The quantitative estimate of drug-likeness (QED) is 0.0322. The van der Waals surface area contributed by atoms with Crippen molar-refractivity contribution in [2.75, 3.05) is 6.61 Å². The van der Waals surface area contributed by atoms with Gasteiger partial charge in [0.05, 0.1) is 25.2 Å². The first-order valence-electron chi connectivity index (χ1n) is 27.1. The first-order valence-corrected chi connectivity index (χ1v) is 27.1. The van der Waals surface area contributed by atoms with Crippen LogP contribution >= 0.6 is 0 Å². The number of hydrogen-bond donors (Lipinski definition) is 3. The predicted octanol–water partition coefficient (Wildman–Crippen LogP) is 16.3. The Morgan fingerprint density at radius 1 is 0.475 bits per heavy atom. The molecule has 0 aliphatic carbocycles. The van der Waals surface area contributed by atoms with Crippen LogP contribution in [-0.2, 0) is 14.3 Å². The smallest absolute Gasteiger partial charge is 0.306 e. The van der Waals surface area contributed by atoms with E-state index >= 15 is 0 Å². The molecular weight excluding hydrogens is 755 g/mol. The van der Waals surface area contributed by atoms with E-state index in [0.717, 1.165) is 64.2 Å². The number of allylic oxidation sites excluding steroid dienone is 4. The van der Waals surface area contributed by atoms with Crippen LogP contribution in [0.3, 0.4) is 0 Å². The molecule has 360 valence electrons. The van der Waals surface area contributed by atoms with Crippen molar-refractivity contribution in [2.45, 2.75) is 309 Å². The first-order chi connectivity index (χ1) is 30.0. The molecule has 0 aliphatic rings. The predicted molar refractivity (Wildman–Crippen MR) is 264 cm³/mol. The van der Waals surface area contributed by atoms with Crippen LogP contribution in [-0.4, -0.2) is 46.9 Å². The van der Waals surface area contributed by atoms with Gasteiger partial charge in [0.15, 0.2) is 0 Å². The van der Waals surface area contributed by atoms with E-state index in [2.05, 4.69) is 50.4 Å². The number of rotatable bonds is 49. The number of carbonyl (C=O) groups excluding carboxylic acids is 2. The van der Waals surface area contributed by atoms with Gasteiger partial charge in [-0.1, -0.05) is 251 Å². The highest BCUT2D eigenvalue weighted by molar-refractivity contribution is 5.77. The zero-order valence-electron chi connectivity index (χ0n) is 41.1. The molecule has 0 aromatic rings. The van der Waals surface area contributed by atoms with Crippen LogP contribution in [0.4, 0.5) is 0 Å². The van der Waals surface area contributed by atoms with E-state index in [0.29, 0.717) is 19.3 Å². The molecule has 1 amide bonds. The molecule has 3 unspecified atom stereocenters. The molecule has 0 fully saturated rings. The van der Waals surface area contributed by atoms with Crippen LogP contribution in [0.5, 0.6) is 0 Å². The van der Waals surface area contributed by atoms with Gasteiger partial charge >= 0.3 is 5.97 Å². The Morgan fingerprint density at radius 3 is 1.23 bits per heavy atom. The lowest BCUT2D eigenvalue weighted by Gasteiger charge is -2.24. The topological polar surface area (TPSA) is 95.9 Å². The summed E-state index contributed by atoms with van der Waals surface area (Å²) < 4.78 is 5.91. The van der Waals surface area contributed by atoms with E-state index in [1.165, 1.54) is 180 Å². The Hall–Kier alpha value is -1.66. The van der Waals surface area contributed by atoms with Crippen molar-refractivity contribution in [1.29, 1.82) is 0 Å². The van der Waals surface area contributed by atoms with E-state index in [1.54, 1.807) is 0 Å². The van der Waals surface area contributed by atoms with E-state index in [9.17, 15) is 19.8 Å². The lowest BCUT2D eigenvalue weighted by molar-refractivity contribution is -0.151. The van der Waals surface area contributed by atoms with Gasteiger partial charge in [0.1, 0.15) is 6.10 Å². The van der Waals surface area contributed by atoms with Crippen LogP contribution < -0.4 is 5.32 Å². The van der Waals surface area contributed by atoms with E-state index in [1.807, 2.05) is 0 Å². The lowest BCUT2D eigenvalue weighted by atomic mass is 10.0. The van der Waals surface area contributed by atoms with Crippen molar-refractivity contribution in [3.63, 3.8) is 0 Å². The zero-order valence-corrected chi connectivity index (χ0v) is 41.1. The van der Waals surface area contributed by atoms with Crippen molar-refractivity contribution < 1.29 is 24.5 Å². The van der Waals surface area contributed by atoms with E-state index in [-0.39, 0.29) is 24.9 Å². The molecule has 3 N–H and O–H groups in total. The molecular formula is C55H105NO5. The van der Waals surface area contributed by atoms with Gasteiger partial charge in [-0.3, -0.25) is 9.59 Å². The molecule has 0 aromatic heterocycles. The number of nitrogens with one attached hydrogen (secondary N) is 1. The second kappa shape index (κ2) is 49.4. The van der Waals surface area contributed by atoms with Gasteiger partial charge in [-0.25, -0.2) is 0 Å². The molecule has 0 radical (unpaired) electrons. The Morgan fingerprint density at radius 2 is 0.820 bits per heavy atom. The minimum absolute atomic E-state index is 0.0648. The van der Waals surface area contributed by atoms with Crippen molar-refractivity contribution in [3.8, 4) is 0 Å². The van der Waals surface area contributed by atoms with Gasteiger partial charge in [-0.2, -0.15) is 0 Å². The third-order valence-corrected chi connectivity index (χ3v) is 12.6. The third kappa shape index (κ3) is 44.7. The molecule has 0 spiro atoms. The summed E-state index contributed by atoms with van der Waals surface area (Å²) in [4.78, 5) is 26.1. The van der Waals surface area contributed by atoms with Crippen LogP contribution in [0.1, 0.15) is 290 Å². The fraction of sp³-hybridized carbons (Fsp3) is 0.891. The average Bonchev–Trinajstić information content (AvgIpc) is 3.25. The molecule has 6 nitrogen and oxygen atoms in total. The number of ether oxygens (including phenoxy) is 1. The molecule has 0 rings (SSSR count). The van der Waals surface area contributed by atoms with Crippen molar-refractivity contribution in [3.05, 3.63) is 24.3 Å². The summed E-state index contributed by atoms with van der Waals surface area (Å²) in [5.74, 6) is -0.489. The summed E-state index contributed by atoms with van der Waals surface area (Å²) in [6.07, 6.45) is 56.7. The molecule has 0 saturated carbocycles. The van der Waals surface area contributed by atoms with Crippen LogP contribution in [0.2, 0.25) is 0 Å². The minimum atomic E-state index is -0.791. The van der Waals surface area contributed by atoms with Crippen LogP contribution in [0.25, 0.3) is 0 Å². The largest absolute Gasteiger partial charge is 0.462 e. The highest BCUT2D eigenvalue weighted by atomic mass is 16.5. The summed E-state index contributed by atoms with van der Waals surface area (Å²) in [5.41, 5.74) is 0. The number of unbranched alkanes of at least 4 members (excludes halogenated alkanes) is 34. The van der Waals surface area contributed by atoms with Gasteiger partial charge < -0.3 is 20.3 Å². The molecule has 0 bridgehead atoms. The van der Waals surface area contributed by atoms with E-state index in [4.69, 9.17) is 4.74 Å². The Labute approximate surface area is 380 Å². The van der Waals surface area contributed by atoms with Crippen molar-refractivity contribution in [1.82, 2.24) is 5.32 Å². The normalized spacial score (nSPS) is 13.3. The van der Waals surface area contributed by atoms with Gasteiger partial charge in [0, 0.05) is 6.42 Å². The molecule has 0 aromatic carbocycles. The Kier molecular flexibility index (Phi) is 48.0. The molecule has 3 atom stereocenters. The maximum atomic E-state index is 13.2. The average molecular weight is 860 g/mol. The number of hydrogen-bond acceptors (Lipinski definition) is 5. The summed E-state index contributed by atoms with van der Waals surface area (Å²) in [6, 6.07) is -0.705. The number of aliphatic hydroxyl groups is 2. The van der Waals surface area contributed by atoms with Gasteiger partial charge in [-0.05, 0) is 51.4 Å². The second-order valence-electron chi connectivity index (χ2n) is 18.7. The van der Waals surface area contributed by atoms with Crippen molar-refractivity contribution >= 4 is 11.9 Å². The van der Waals surface area contributed by atoms with E-state index < -0.39 is 18.2 Å². The maximum Gasteiger partial charge on any atom is 0.306 e. The van der Waals surface area contributed by atoms with Crippen molar-refractivity contribution in [2.24, 2.45) is 0 Å². The summed E-state index contributed by atoms with van der Waals surface area (Å²) in [6.45, 7) is 6.48. The third-order valence-electron chi connectivity index (χ3n) is 12.6. The standard InChI is InChI=1S/C55H105NO5/c1-4-7-10-13-16-19-21-23-25-27-29-31-33-36-38-41-44-47-53(58)52(50-57)56-54(59)49-51(61-55(60)48-45-42-39-34-18-15-12-9-6-3)46-43-40-37-35-32-30-28-26-24-22-20-17-14-11-8-5-2/h26,28,30,32,51-53,57-58H,4-25,27,29,31,33-50H2,1-3H3,(H,56,59)/b28-26+,32-30+. The maximum absolute atomic E-state index is 13.2. The fourth-order valence-electron chi connectivity index (χ4n) is 8.42. The molecule has 0 aliphatic heterocycles. The van der Waals surface area contributed by atoms with Gasteiger partial charge in [-0.15, -0.1) is 0 Å². The highest BCUT2D eigenvalue weighted by Crippen LogP contribution is 2.18. The van der Waals surface area contributed by atoms with Gasteiger partial charge in [0.25, 0.3) is 0 Å². The number of amides is 1. The summed E-state index contributed by atoms with van der Waals surface area (Å²) >= 11 is 0. The zero-order chi connectivity index (χ0) is 44.5. The fourth-order valence-corrected chi connectivity index (χ4v) is 8.42. The second-order valence-corrected chi connectivity index (χ2v) is 18.7.